The molecule has 0 fully saturated rings. The molecule has 0 radical (unpaired) electrons. The third kappa shape index (κ3) is 4.90. The van der Waals surface area contributed by atoms with E-state index in [9.17, 15) is 18.3 Å². The summed E-state index contributed by atoms with van der Waals surface area (Å²) in [6.07, 6.45) is 1.13. The maximum atomic E-state index is 11.7. The van der Waals surface area contributed by atoms with E-state index >= 15 is 0 Å². The van der Waals surface area contributed by atoms with E-state index in [1.54, 1.807) is 18.2 Å². The predicted molar refractivity (Wildman–Crippen MR) is 83.8 cm³/mol. The summed E-state index contributed by atoms with van der Waals surface area (Å²) < 4.78 is 31.5. The van der Waals surface area contributed by atoms with Crippen molar-refractivity contribution in [2.24, 2.45) is 5.10 Å². The minimum atomic E-state index is -4.37. The van der Waals surface area contributed by atoms with Gasteiger partial charge in [0.2, 0.25) is 5.91 Å². The van der Waals surface area contributed by atoms with Gasteiger partial charge in [-0.3, -0.25) is 9.35 Å². The lowest BCUT2D eigenvalue weighted by molar-refractivity contribution is -0.120. The number of rotatable bonds is 5. The van der Waals surface area contributed by atoms with Crippen LogP contribution in [0.1, 0.15) is 11.1 Å². The van der Waals surface area contributed by atoms with E-state index in [0.717, 1.165) is 6.21 Å². The standard InChI is InChI=1S/C15H14N2O5S/c18-13-6-3-4-11(8-13)9-15(19)17-16-10-12-5-1-2-7-14(12)23(20,21)22/h1-8,10,18H,9H2,(H,17,19)(H,20,21,22). The summed E-state index contributed by atoms with van der Waals surface area (Å²) in [6, 6.07) is 11.9. The quantitative estimate of drug-likeness (QED) is 0.433. The van der Waals surface area contributed by atoms with Crippen LogP contribution in [-0.4, -0.2) is 30.2 Å². The first-order valence-electron chi connectivity index (χ1n) is 6.52. The number of hydrazone groups is 1. The van der Waals surface area contributed by atoms with Gasteiger partial charge in [-0.25, -0.2) is 5.43 Å². The summed E-state index contributed by atoms with van der Waals surface area (Å²) in [5, 5.41) is 13.0. The number of carbonyl (C=O) groups excluding carboxylic acids is 1. The average molecular weight is 334 g/mol. The Labute approximate surface area is 133 Å². The Bertz CT molecular complexity index is 846. The van der Waals surface area contributed by atoms with Crippen LogP contribution in [0.25, 0.3) is 0 Å². The van der Waals surface area contributed by atoms with Crippen LogP contribution < -0.4 is 5.43 Å². The van der Waals surface area contributed by atoms with Crippen molar-refractivity contribution in [3.63, 3.8) is 0 Å². The second kappa shape index (κ2) is 7.03. The van der Waals surface area contributed by atoms with Gasteiger partial charge in [0.05, 0.1) is 12.6 Å². The Morgan fingerprint density at radius 1 is 1.17 bits per heavy atom. The number of aromatic hydroxyl groups is 1. The van der Waals surface area contributed by atoms with E-state index < -0.39 is 16.0 Å². The van der Waals surface area contributed by atoms with E-state index in [2.05, 4.69) is 10.5 Å². The van der Waals surface area contributed by atoms with E-state index in [1.807, 2.05) is 0 Å². The second-order valence-electron chi connectivity index (χ2n) is 4.65. The van der Waals surface area contributed by atoms with E-state index in [1.165, 1.54) is 30.3 Å². The summed E-state index contributed by atoms with van der Waals surface area (Å²) in [6.45, 7) is 0. The number of phenols is 1. The Balaban J connectivity index is 2.04. The molecule has 7 nitrogen and oxygen atoms in total. The van der Waals surface area contributed by atoms with Crippen molar-refractivity contribution in [2.45, 2.75) is 11.3 Å². The highest BCUT2D eigenvalue weighted by molar-refractivity contribution is 7.86. The minimum Gasteiger partial charge on any atom is -0.508 e. The van der Waals surface area contributed by atoms with Gasteiger partial charge in [0, 0.05) is 5.56 Å². The van der Waals surface area contributed by atoms with Crippen LogP contribution in [0, 0.1) is 0 Å². The maximum Gasteiger partial charge on any atom is 0.295 e. The Morgan fingerprint density at radius 2 is 1.91 bits per heavy atom. The lowest BCUT2D eigenvalue weighted by atomic mass is 10.1. The van der Waals surface area contributed by atoms with Gasteiger partial charge in [0.15, 0.2) is 0 Å². The Morgan fingerprint density at radius 3 is 2.61 bits per heavy atom. The van der Waals surface area contributed by atoms with Crippen molar-refractivity contribution in [3.05, 3.63) is 59.7 Å². The maximum absolute atomic E-state index is 11.7. The van der Waals surface area contributed by atoms with Crippen LogP contribution >= 0.6 is 0 Å². The van der Waals surface area contributed by atoms with Crippen LogP contribution in [0.2, 0.25) is 0 Å². The summed E-state index contributed by atoms with van der Waals surface area (Å²) in [5.74, 6) is -0.378. The zero-order valence-electron chi connectivity index (χ0n) is 11.9. The molecule has 0 saturated heterocycles. The molecule has 0 saturated carbocycles. The molecule has 0 atom stereocenters. The molecule has 0 unspecified atom stereocenters. The van der Waals surface area contributed by atoms with Crippen LogP contribution in [0.15, 0.2) is 58.5 Å². The number of hydrogen-bond donors (Lipinski definition) is 3. The number of benzene rings is 2. The van der Waals surface area contributed by atoms with Crippen molar-refractivity contribution in [2.75, 3.05) is 0 Å². The van der Waals surface area contributed by atoms with E-state index in [-0.39, 0.29) is 22.6 Å². The third-order valence-corrected chi connectivity index (χ3v) is 3.79. The first-order chi connectivity index (χ1) is 10.9. The van der Waals surface area contributed by atoms with Gasteiger partial charge < -0.3 is 5.11 Å². The van der Waals surface area contributed by atoms with Crippen molar-refractivity contribution in [1.82, 2.24) is 5.43 Å². The van der Waals surface area contributed by atoms with Crippen LogP contribution in [-0.2, 0) is 21.3 Å². The smallest absolute Gasteiger partial charge is 0.295 e. The molecule has 23 heavy (non-hydrogen) atoms. The summed E-state index contributed by atoms with van der Waals surface area (Å²) >= 11 is 0. The molecule has 1 amide bonds. The van der Waals surface area contributed by atoms with Gasteiger partial charge in [-0.05, 0) is 23.8 Å². The molecule has 120 valence electrons. The Hall–Kier alpha value is -2.71. The molecule has 0 aliphatic heterocycles. The van der Waals surface area contributed by atoms with Gasteiger partial charge in [-0.1, -0.05) is 30.3 Å². The van der Waals surface area contributed by atoms with Gasteiger partial charge in [0.25, 0.3) is 10.1 Å². The number of hydrogen-bond acceptors (Lipinski definition) is 5. The topological polar surface area (TPSA) is 116 Å². The number of amides is 1. The van der Waals surface area contributed by atoms with Crippen molar-refractivity contribution in [1.29, 1.82) is 0 Å². The number of carbonyl (C=O) groups is 1. The lowest BCUT2D eigenvalue weighted by Crippen LogP contribution is -2.19. The highest BCUT2D eigenvalue weighted by atomic mass is 32.2. The fourth-order valence-electron chi connectivity index (χ4n) is 1.89. The molecule has 0 heterocycles. The summed E-state index contributed by atoms with van der Waals surface area (Å²) in [5.41, 5.74) is 3.00. The lowest BCUT2D eigenvalue weighted by Gasteiger charge is -2.03. The highest BCUT2D eigenvalue weighted by Gasteiger charge is 2.13. The van der Waals surface area contributed by atoms with E-state index in [0.29, 0.717) is 5.56 Å². The number of phenolic OH excluding ortho intramolecular Hbond substituents is 1. The monoisotopic (exact) mass is 334 g/mol. The zero-order valence-corrected chi connectivity index (χ0v) is 12.7. The normalized spacial score (nSPS) is 11.5. The van der Waals surface area contributed by atoms with E-state index in [4.69, 9.17) is 4.55 Å². The van der Waals surface area contributed by atoms with Crippen LogP contribution in [0.4, 0.5) is 0 Å². The number of nitrogens with one attached hydrogen (secondary N) is 1. The van der Waals surface area contributed by atoms with Gasteiger partial charge >= 0.3 is 0 Å². The molecular weight excluding hydrogens is 320 g/mol. The molecule has 0 aliphatic rings. The molecular formula is C15H14N2O5S. The number of nitrogens with zero attached hydrogens (tertiary/aromatic N) is 1. The molecule has 3 N–H and O–H groups in total. The largest absolute Gasteiger partial charge is 0.508 e. The molecule has 0 aromatic heterocycles. The Kier molecular flexibility index (Phi) is 5.09. The van der Waals surface area contributed by atoms with Crippen LogP contribution in [0.3, 0.4) is 0 Å². The highest BCUT2D eigenvalue weighted by Crippen LogP contribution is 2.13. The first kappa shape index (κ1) is 16.7. The van der Waals surface area contributed by atoms with Crippen LogP contribution in [0.5, 0.6) is 5.75 Å². The fraction of sp³-hybridized carbons (Fsp3) is 0.0667. The fourth-order valence-corrected chi connectivity index (χ4v) is 2.56. The molecule has 0 spiro atoms. The summed E-state index contributed by atoms with van der Waals surface area (Å²) in [7, 11) is -4.37. The molecule has 2 aromatic rings. The average Bonchev–Trinajstić information content (AvgIpc) is 2.46. The zero-order chi connectivity index (χ0) is 16.9. The molecule has 8 heteroatoms. The second-order valence-corrected chi connectivity index (χ2v) is 6.04. The first-order valence-corrected chi connectivity index (χ1v) is 7.96. The molecule has 2 rings (SSSR count). The van der Waals surface area contributed by atoms with Gasteiger partial charge in [0.1, 0.15) is 10.6 Å². The van der Waals surface area contributed by atoms with Crippen molar-refractivity contribution in [3.8, 4) is 5.75 Å². The molecule has 2 aromatic carbocycles. The molecule has 0 bridgehead atoms. The van der Waals surface area contributed by atoms with Gasteiger partial charge in [-0.15, -0.1) is 0 Å². The van der Waals surface area contributed by atoms with Crippen molar-refractivity contribution >= 4 is 22.2 Å². The summed E-state index contributed by atoms with van der Waals surface area (Å²) in [4.78, 5) is 11.4. The van der Waals surface area contributed by atoms with Crippen molar-refractivity contribution < 1.29 is 22.9 Å². The predicted octanol–water partition coefficient (Wildman–Crippen LogP) is 1.33. The minimum absolute atomic E-state index is 0.00564. The third-order valence-electron chi connectivity index (χ3n) is 2.87. The van der Waals surface area contributed by atoms with Gasteiger partial charge in [-0.2, -0.15) is 13.5 Å². The SMILES string of the molecule is O=C(Cc1cccc(O)c1)NN=Cc1ccccc1S(=O)(=O)O. The molecule has 0 aliphatic carbocycles.